The van der Waals surface area contributed by atoms with Crippen molar-refractivity contribution in [2.45, 2.75) is 41.8 Å². The van der Waals surface area contributed by atoms with E-state index in [1.165, 1.54) is 12.1 Å². The minimum Gasteiger partial charge on any atom is -0.243 e. The van der Waals surface area contributed by atoms with Gasteiger partial charge in [0.2, 0.25) is 9.84 Å². The van der Waals surface area contributed by atoms with Gasteiger partial charge in [0.25, 0.3) is 0 Å². The maximum atomic E-state index is 13.2. The molecule has 0 radical (unpaired) electrons. The third-order valence-corrected chi connectivity index (χ3v) is 5.31. The van der Waals surface area contributed by atoms with Gasteiger partial charge in [0.1, 0.15) is 0 Å². The number of alkyl halides is 3. The Morgan fingerprint density at radius 1 is 1.21 bits per heavy atom. The van der Waals surface area contributed by atoms with Crippen molar-refractivity contribution < 1.29 is 21.6 Å². The molecule has 0 N–H and O–H groups in total. The van der Waals surface area contributed by atoms with Crippen LogP contribution in [0.1, 0.15) is 37.2 Å². The Bertz CT molecular complexity index is 549. The Kier molecular flexibility index (Phi) is 3.90. The highest BCUT2D eigenvalue weighted by molar-refractivity contribution is 7.92. The van der Waals surface area contributed by atoms with E-state index in [0.29, 0.717) is 0 Å². The fourth-order valence-corrected chi connectivity index (χ4v) is 3.48. The molecule has 1 aliphatic rings. The molecule has 0 bridgehead atoms. The first kappa shape index (κ1) is 14.4. The van der Waals surface area contributed by atoms with Crippen LogP contribution in [0.5, 0.6) is 0 Å². The third-order valence-electron chi connectivity index (χ3n) is 3.54. The Morgan fingerprint density at radius 3 is 2.42 bits per heavy atom. The first-order valence-corrected chi connectivity index (χ1v) is 7.65. The minimum atomic E-state index is -4.95. The van der Waals surface area contributed by atoms with E-state index in [1.807, 2.05) is 0 Å². The highest BCUT2D eigenvalue weighted by Gasteiger charge is 2.46. The summed E-state index contributed by atoms with van der Waals surface area (Å²) in [5.41, 5.74) is 0.744. The average molecular weight is 292 g/mol. The van der Waals surface area contributed by atoms with Crippen molar-refractivity contribution in [2.24, 2.45) is 0 Å². The summed E-state index contributed by atoms with van der Waals surface area (Å²) < 4.78 is 61.9. The van der Waals surface area contributed by atoms with Crippen LogP contribution < -0.4 is 0 Å². The van der Waals surface area contributed by atoms with Gasteiger partial charge in [-0.15, -0.1) is 0 Å². The summed E-state index contributed by atoms with van der Waals surface area (Å²) in [4.78, 5) is -0.500. The van der Waals surface area contributed by atoms with E-state index in [4.69, 9.17) is 0 Å². The molecular weight excluding hydrogens is 277 g/mol. The molecule has 0 amide bonds. The van der Waals surface area contributed by atoms with Crippen LogP contribution in [-0.2, 0) is 9.84 Å². The molecule has 1 fully saturated rings. The molecule has 19 heavy (non-hydrogen) atoms. The Balaban J connectivity index is 2.38. The fraction of sp³-hybridized carbons (Fsp3) is 0.538. The van der Waals surface area contributed by atoms with E-state index in [-0.39, 0.29) is 5.92 Å². The van der Waals surface area contributed by atoms with E-state index < -0.39 is 26.7 Å². The Labute approximate surface area is 110 Å². The quantitative estimate of drug-likeness (QED) is 0.848. The highest BCUT2D eigenvalue weighted by atomic mass is 32.2. The van der Waals surface area contributed by atoms with Crippen molar-refractivity contribution in [3.8, 4) is 0 Å². The van der Waals surface area contributed by atoms with Crippen molar-refractivity contribution in [3.05, 3.63) is 29.8 Å². The lowest BCUT2D eigenvalue weighted by atomic mass is 9.98. The zero-order valence-corrected chi connectivity index (χ0v) is 11.1. The van der Waals surface area contributed by atoms with Crippen LogP contribution in [0.15, 0.2) is 29.2 Å². The molecule has 0 atom stereocenters. The second-order valence-corrected chi connectivity index (χ2v) is 6.90. The standard InChI is InChI=1S/C13H15F3O2S/c14-9-13(15,16)19(17,18)12-7-3-6-11(8-12)10-4-1-2-5-10/h3,6-8,10H,1-2,4-5,9H2. The van der Waals surface area contributed by atoms with Crippen LogP contribution in [0.3, 0.4) is 0 Å². The van der Waals surface area contributed by atoms with Crippen molar-refractivity contribution >= 4 is 9.84 Å². The summed E-state index contributed by atoms with van der Waals surface area (Å²) in [7, 11) is -4.95. The lowest BCUT2D eigenvalue weighted by Gasteiger charge is -2.15. The van der Waals surface area contributed by atoms with Gasteiger partial charge >= 0.3 is 5.25 Å². The smallest absolute Gasteiger partial charge is 0.243 e. The predicted molar refractivity (Wildman–Crippen MR) is 65.8 cm³/mol. The normalized spacial score (nSPS) is 17.8. The number of benzene rings is 1. The lowest BCUT2D eigenvalue weighted by molar-refractivity contribution is 0.0620. The summed E-state index contributed by atoms with van der Waals surface area (Å²) >= 11 is 0. The summed E-state index contributed by atoms with van der Waals surface area (Å²) in [6.45, 7) is -2.21. The number of hydrogen-bond donors (Lipinski definition) is 0. The second-order valence-electron chi connectivity index (χ2n) is 4.83. The molecule has 1 aromatic rings. The van der Waals surface area contributed by atoms with E-state index in [1.54, 1.807) is 6.07 Å². The maximum absolute atomic E-state index is 13.2. The summed E-state index contributed by atoms with van der Waals surface area (Å²) in [6.07, 6.45) is 3.98. The fourth-order valence-electron chi connectivity index (χ4n) is 2.44. The number of rotatable bonds is 4. The summed E-state index contributed by atoms with van der Waals surface area (Å²) in [6, 6.07) is 5.53. The first-order valence-electron chi connectivity index (χ1n) is 6.17. The summed E-state index contributed by atoms with van der Waals surface area (Å²) in [5, 5.41) is -4.36. The SMILES string of the molecule is O=S(=O)(c1cccc(C2CCCC2)c1)C(F)(F)CF. The topological polar surface area (TPSA) is 34.1 Å². The highest BCUT2D eigenvalue weighted by Crippen LogP contribution is 2.36. The maximum Gasteiger partial charge on any atom is 0.377 e. The molecule has 1 aromatic carbocycles. The largest absolute Gasteiger partial charge is 0.377 e. The van der Waals surface area contributed by atoms with Gasteiger partial charge in [0, 0.05) is 0 Å². The first-order chi connectivity index (χ1) is 8.88. The van der Waals surface area contributed by atoms with Crippen LogP contribution in [0.2, 0.25) is 0 Å². The average Bonchev–Trinajstić information content (AvgIpc) is 2.92. The summed E-state index contributed by atoms with van der Waals surface area (Å²) in [5.74, 6) is 0.217. The van der Waals surface area contributed by atoms with Gasteiger partial charge in [0.05, 0.1) is 4.90 Å². The molecule has 0 spiro atoms. The van der Waals surface area contributed by atoms with Gasteiger partial charge in [-0.1, -0.05) is 25.0 Å². The van der Waals surface area contributed by atoms with Crippen LogP contribution in [0.25, 0.3) is 0 Å². The molecule has 1 aliphatic carbocycles. The number of hydrogen-bond acceptors (Lipinski definition) is 2. The molecule has 2 rings (SSSR count). The predicted octanol–water partition coefficient (Wildman–Crippen LogP) is 3.68. The molecule has 6 heteroatoms. The molecule has 0 saturated heterocycles. The van der Waals surface area contributed by atoms with E-state index >= 15 is 0 Å². The van der Waals surface area contributed by atoms with Crippen molar-refractivity contribution in [2.75, 3.05) is 6.67 Å². The van der Waals surface area contributed by atoms with Crippen LogP contribution in [-0.4, -0.2) is 20.3 Å². The third kappa shape index (κ3) is 2.63. The van der Waals surface area contributed by atoms with Crippen molar-refractivity contribution in [1.82, 2.24) is 0 Å². The van der Waals surface area contributed by atoms with Gasteiger partial charge in [-0.25, -0.2) is 12.8 Å². The molecular formula is C13H15F3O2S. The lowest BCUT2D eigenvalue weighted by Crippen LogP contribution is -2.31. The number of halogens is 3. The van der Waals surface area contributed by atoms with Gasteiger partial charge in [0.15, 0.2) is 6.67 Å². The molecule has 0 aliphatic heterocycles. The van der Waals surface area contributed by atoms with Gasteiger partial charge in [-0.3, -0.25) is 0 Å². The molecule has 106 valence electrons. The van der Waals surface area contributed by atoms with E-state index in [9.17, 15) is 21.6 Å². The molecule has 0 aromatic heterocycles. The molecule has 0 unspecified atom stereocenters. The van der Waals surface area contributed by atoms with Crippen LogP contribution in [0.4, 0.5) is 13.2 Å². The Morgan fingerprint density at radius 2 is 1.84 bits per heavy atom. The van der Waals surface area contributed by atoms with Gasteiger partial charge in [-0.05, 0) is 36.5 Å². The van der Waals surface area contributed by atoms with Crippen LogP contribution >= 0.6 is 0 Å². The zero-order valence-electron chi connectivity index (χ0n) is 10.3. The van der Waals surface area contributed by atoms with Crippen molar-refractivity contribution in [1.29, 1.82) is 0 Å². The van der Waals surface area contributed by atoms with Gasteiger partial charge in [-0.2, -0.15) is 8.78 Å². The Hall–Kier alpha value is -1.04. The van der Waals surface area contributed by atoms with Gasteiger partial charge < -0.3 is 0 Å². The van der Waals surface area contributed by atoms with Crippen LogP contribution in [0, 0.1) is 0 Å². The molecule has 0 heterocycles. The second kappa shape index (κ2) is 5.15. The molecule has 2 nitrogen and oxygen atoms in total. The monoisotopic (exact) mass is 292 g/mol. The molecule has 1 saturated carbocycles. The minimum absolute atomic E-state index is 0.217. The number of sulfone groups is 1. The zero-order chi connectivity index (χ0) is 14.1. The van der Waals surface area contributed by atoms with Crippen molar-refractivity contribution in [3.63, 3.8) is 0 Å². The van der Waals surface area contributed by atoms with E-state index in [0.717, 1.165) is 37.3 Å². The van der Waals surface area contributed by atoms with E-state index in [2.05, 4.69) is 0 Å².